The van der Waals surface area contributed by atoms with Crippen LogP contribution in [0.3, 0.4) is 0 Å². The quantitative estimate of drug-likeness (QED) is 0.675. The number of amides is 1. The van der Waals surface area contributed by atoms with Crippen LogP contribution in [0.1, 0.15) is 35.8 Å². The first-order valence-corrected chi connectivity index (χ1v) is 9.31. The first kappa shape index (κ1) is 20.1. The molecule has 0 aliphatic carbocycles. The standard InChI is InChI=1S/C20H22N6O3/c1-13(12-27)23-18-10-17(19(22)28)24-20(25-18)26-8-6-16(7-9-26)29-15-4-2-14(11-21)3-5-15/h2-5,10,12-13,16H,6-9H2,1H3,(H2,22,28)(H,23,24,25). The van der Waals surface area contributed by atoms with Gasteiger partial charge >= 0.3 is 0 Å². The second kappa shape index (κ2) is 9.01. The molecule has 2 heterocycles. The number of ether oxygens (including phenoxy) is 1. The van der Waals surface area contributed by atoms with Crippen molar-refractivity contribution < 1.29 is 14.3 Å². The molecule has 1 atom stereocenters. The average Bonchev–Trinajstić information content (AvgIpc) is 2.74. The van der Waals surface area contributed by atoms with E-state index in [4.69, 9.17) is 15.7 Å². The summed E-state index contributed by atoms with van der Waals surface area (Å²) in [6, 6.07) is 10.1. The first-order valence-electron chi connectivity index (χ1n) is 9.31. The van der Waals surface area contributed by atoms with Crippen LogP contribution in [-0.2, 0) is 4.79 Å². The van der Waals surface area contributed by atoms with Gasteiger partial charge in [0.15, 0.2) is 0 Å². The third-order valence-corrected chi connectivity index (χ3v) is 4.56. The summed E-state index contributed by atoms with van der Waals surface area (Å²) in [5, 5.41) is 11.8. The summed E-state index contributed by atoms with van der Waals surface area (Å²) in [6.07, 6.45) is 2.28. The number of carbonyl (C=O) groups is 2. The Bertz CT molecular complexity index is 917. The smallest absolute Gasteiger partial charge is 0.267 e. The van der Waals surface area contributed by atoms with Gasteiger partial charge in [0.2, 0.25) is 5.95 Å². The lowest BCUT2D eigenvalue weighted by molar-refractivity contribution is -0.108. The van der Waals surface area contributed by atoms with E-state index in [1.54, 1.807) is 31.2 Å². The van der Waals surface area contributed by atoms with Crippen molar-refractivity contribution in [1.29, 1.82) is 5.26 Å². The molecule has 0 saturated carbocycles. The number of hydrogen-bond acceptors (Lipinski definition) is 8. The zero-order chi connectivity index (χ0) is 20.8. The minimum atomic E-state index is -0.658. The molecule has 1 aliphatic rings. The summed E-state index contributed by atoms with van der Waals surface area (Å²) in [5.74, 6) is 0.830. The summed E-state index contributed by atoms with van der Waals surface area (Å²) in [6.45, 7) is 2.97. The van der Waals surface area contributed by atoms with Crippen LogP contribution in [0, 0.1) is 11.3 Å². The van der Waals surface area contributed by atoms with Gasteiger partial charge in [-0.05, 0) is 31.2 Å². The number of rotatable bonds is 7. The van der Waals surface area contributed by atoms with Crippen LogP contribution in [0.15, 0.2) is 30.3 Å². The minimum Gasteiger partial charge on any atom is -0.490 e. The van der Waals surface area contributed by atoms with Crippen molar-refractivity contribution in [1.82, 2.24) is 9.97 Å². The number of nitriles is 1. The maximum Gasteiger partial charge on any atom is 0.267 e. The highest BCUT2D eigenvalue weighted by Gasteiger charge is 2.24. The van der Waals surface area contributed by atoms with E-state index in [-0.39, 0.29) is 11.8 Å². The van der Waals surface area contributed by atoms with E-state index in [9.17, 15) is 9.59 Å². The molecule has 3 N–H and O–H groups in total. The zero-order valence-corrected chi connectivity index (χ0v) is 16.0. The van der Waals surface area contributed by atoms with Gasteiger partial charge in [-0.25, -0.2) is 4.98 Å². The van der Waals surface area contributed by atoms with Crippen LogP contribution in [-0.4, -0.2) is 47.4 Å². The van der Waals surface area contributed by atoms with Crippen LogP contribution in [0.4, 0.5) is 11.8 Å². The van der Waals surface area contributed by atoms with E-state index in [0.29, 0.717) is 30.4 Å². The lowest BCUT2D eigenvalue weighted by Gasteiger charge is -2.32. The lowest BCUT2D eigenvalue weighted by Crippen LogP contribution is -2.39. The topological polar surface area (TPSA) is 134 Å². The monoisotopic (exact) mass is 394 g/mol. The Hall–Kier alpha value is -3.67. The third kappa shape index (κ3) is 5.19. The van der Waals surface area contributed by atoms with E-state index in [2.05, 4.69) is 21.4 Å². The molecule has 9 heteroatoms. The molecule has 3 rings (SSSR count). The molecule has 1 unspecified atom stereocenters. The summed E-state index contributed by atoms with van der Waals surface area (Å²) < 4.78 is 5.99. The molecule has 0 radical (unpaired) electrons. The highest BCUT2D eigenvalue weighted by atomic mass is 16.5. The SMILES string of the molecule is CC(C=O)Nc1cc(C(N)=O)nc(N2CCC(Oc3ccc(C#N)cc3)CC2)n1. The Morgan fingerprint density at radius 2 is 2.03 bits per heavy atom. The normalized spacial score (nSPS) is 15.2. The fraction of sp³-hybridized carbons (Fsp3) is 0.350. The number of carbonyl (C=O) groups excluding carboxylic acids is 2. The van der Waals surface area contributed by atoms with E-state index in [0.717, 1.165) is 24.9 Å². The second-order valence-electron chi connectivity index (χ2n) is 6.81. The van der Waals surface area contributed by atoms with Crippen molar-refractivity contribution in [3.63, 3.8) is 0 Å². The van der Waals surface area contributed by atoms with Crippen LogP contribution in [0.25, 0.3) is 0 Å². The van der Waals surface area contributed by atoms with Gasteiger partial charge < -0.3 is 25.5 Å². The Morgan fingerprint density at radius 3 is 2.62 bits per heavy atom. The van der Waals surface area contributed by atoms with Gasteiger partial charge in [-0.15, -0.1) is 0 Å². The van der Waals surface area contributed by atoms with Crippen molar-refractivity contribution in [2.24, 2.45) is 5.73 Å². The molecular formula is C20H22N6O3. The van der Waals surface area contributed by atoms with Crippen LogP contribution < -0.4 is 20.7 Å². The molecule has 29 heavy (non-hydrogen) atoms. The van der Waals surface area contributed by atoms with Crippen molar-refractivity contribution in [2.75, 3.05) is 23.3 Å². The number of aldehydes is 1. The summed E-state index contributed by atoms with van der Waals surface area (Å²) in [7, 11) is 0. The van der Waals surface area contributed by atoms with Gasteiger partial charge in [-0.3, -0.25) is 4.79 Å². The van der Waals surface area contributed by atoms with Gasteiger partial charge in [0.05, 0.1) is 17.7 Å². The molecule has 1 fully saturated rings. The lowest BCUT2D eigenvalue weighted by atomic mass is 10.1. The molecule has 9 nitrogen and oxygen atoms in total. The molecule has 1 amide bonds. The maximum absolute atomic E-state index is 11.6. The van der Waals surface area contributed by atoms with Gasteiger partial charge in [-0.1, -0.05) is 0 Å². The van der Waals surface area contributed by atoms with E-state index in [1.165, 1.54) is 6.07 Å². The summed E-state index contributed by atoms with van der Waals surface area (Å²) in [4.78, 5) is 33.2. The van der Waals surface area contributed by atoms with Gasteiger partial charge in [0, 0.05) is 32.0 Å². The fourth-order valence-corrected chi connectivity index (χ4v) is 3.02. The highest BCUT2D eigenvalue weighted by molar-refractivity contribution is 5.91. The molecule has 150 valence electrons. The van der Waals surface area contributed by atoms with Crippen LogP contribution in [0.2, 0.25) is 0 Å². The van der Waals surface area contributed by atoms with Crippen molar-refractivity contribution in [2.45, 2.75) is 31.9 Å². The van der Waals surface area contributed by atoms with Crippen molar-refractivity contribution in [3.05, 3.63) is 41.6 Å². The third-order valence-electron chi connectivity index (χ3n) is 4.56. The Labute approximate surface area is 168 Å². The molecule has 2 aromatic rings. The number of anilines is 2. The predicted molar refractivity (Wildman–Crippen MR) is 107 cm³/mol. The van der Waals surface area contributed by atoms with Crippen molar-refractivity contribution >= 4 is 24.0 Å². The van der Waals surface area contributed by atoms with E-state index >= 15 is 0 Å². The average molecular weight is 394 g/mol. The zero-order valence-electron chi connectivity index (χ0n) is 16.0. The molecule has 1 saturated heterocycles. The first-order chi connectivity index (χ1) is 14.0. The number of hydrogen-bond donors (Lipinski definition) is 2. The summed E-state index contributed by atoms with van der Waals surface area (Å²) >= 11 is 0. The Balaban J connectivity index is 1.66. The number of piperidine rings is 1. The largest absolute Gasteiger partial charge is 0.490 e. The predicted octanol–water partition coefficient (Wildman–Crippen LogP) is 1.49. The molecule has 0 spiro atoms. The van der Waals surface area contributed by atoms with Gasteiger partial charge in [0.1, 0.15) is 29.7 Å². The number of nitrogens with two attached hydrogens (primary N) is 1. The number of primary amides is 1. The van der Waals surface area contributed by atoms with Gasteiger partial charge in [-0.2, -0.15) is 10.2 Å². The number of benzene rings is 1. The Morgan fingerprint density at radius 1 is 1.34 bits per heavy atom. The molecule has 1 aliphatic heterocycles. The highest BCUT2D eigenvalue weighted by Crippen LogP contribution is 2.23. The summed E-state index contributed by atoms with van der Waals surface area (Å²) in [5.41, 5.74) is 6.07. The Kier molecular flexibility index (Phi) is 6.24. The second-order valence-corrected chi connectivity index (χ2v) is 6.81. The molecular weight excluding hydrogens is 372 g/mol. The number of nitrogens with zero attached hydrogens (tertiary/aromatic N) is 4. The minimum absolute atomic E-state index is 0.0335. The van der Waals surface area contributed by atoms with Gasteiger partial charge in [0.25, 0.3) is 5.91 Å². The molecule has 0 bridgehead atoms. The van der Waals surface area contributed by atoms with E-state index < -0.39 is 11.9 Å². The number of aromatic nitrogens is 2. The van der Waals surface area contributed by atoms with Crippen LogP contribution in [0.5, 0.6) is 5.75 Å². The molecule has 1 aromatic carbocycles. The number of nitrogens with one attached hydrogen (secondary N) is 1. The fourth-order valence-electron chi connectivity index (χ4n) is 3.02. The van der Waals surface area contributed by atoms with Crippen molar-refractivity contribution in [3.8, 4) is 11.8 Å². The van der Waals surface area contributed by atoms with Crippen LogP contribution >= 0.6 is 0 Å². The van der Waals surface area contributed by atoms with E-state index in [1.807, 2.05) is 4.90 Å². The molecule has 1 aromatic heterocycles. The maximum atomic E-state index is 11.6.